The number of para-hydroxylation sites is 1. The molecule has 0 aliphatic carbocycles. The van der Waals surface area contributed by atoms with Gasteiger partial charge in [0.2, 0.25) is 0 Å². The van der Waals surface area contributed by atoms with Crippen molar-refractivity contribution >= 4 is 67.0 Å². The highest BCUT2D eigenvalue weighted by molar-refractivity contribution is 7.22. The number of hydrogen-bond donors (Lipinski definition) is 1. The highest BCUT2D eigenvalue weighted by atomic mass is 35.5. The van der Waals surface area contributed by atoms with E-state index in [9.17, 15) is 4.79 Å². The van der Waals surface area contributed by atoms with Gasteiger partial charge in [-0.25, -0.2) is 4.98 Å². The first-order valence-electron chi connectivity index (χ1n) is 7.31. The molecule has 4 aromatic rings. The number of rotatable bonds is 3. The second-order valence-electron chi connectivity index (χ2n) is 5.23. The molecule has 1 N–H and O–H groups in total. The van der Waals surface area contributed by atoms with Gasteiger partial charge in [0.15, 0.2) is 0 Å². The molecule has 0 aliphatic rings. The fourth-order valence-electron chi connectivity index (χ4n) is 2.41. The lowest BCUT2D eigenvalue weighted by molar-refractivity contribution is 0.102. The first-order chi connectivity index (χ1) is 12.1. The zero-order chi connectivity index (χ0) is 17.4. The van der Waals surface area contributed by atoms with E-state index < -0.39 is 0 Å². The number of nitrogens with one attached hydrogen (secondary N) is 1. The van der Waals surface area contributed by atoms with Crippen molar-refractivity contribution in [1.82, 2.24) is 4.98 Å². The highest BCUT2D eigenvalue weighted by Crippen LogP contribution is 2.38. The number of fused-ring (bicyclic) bond motifs is 1. The summed E-state index contributed by atoms with van der Waals surface area (Å²) in [6.07, 6.45) is 0. The Morgan fingerprint density at radius 1 is 1.08 bits per heavy atom. The number of halogens is 2. The molecule has 124 valence electrons. The molecule has 0 unspecified atom stereocenters. The summed E-state index contributed by atoms with van der Waals surface area (Å²) in [7, 11) is 0. The van der Waals surface area contributed by atoms with E-state index >= 15 is 0 Å². The van der Waals surface area contributed by atoms with Gasteiger partial charge in [-0.3, -0.25) is 4.79 Å². The number of carbonyl (C=O) groups excluding carboxylic acids is 1. The average Bonchev–Trinajstić information content (AvgIpc) is 3.20. The normalized spacial score (nSPS) is 11.0. The van der Waals surface area contributed by atoms with E-state index in [0.29, 0.717) is 15.6 Å². The zero-order valence-corrected chi connectivity index (χ0v) is 15.8. The maximum atomic E-state index is 12.6. The van der Waals surface area contributed by atoms with E-state index in [-0.39, 0.29) is 5.91 Å². The topological polar surface area (TPSA) is 42.0 Å². The van der Waals surface area contributed by atoms with Crippen LogP contribution in [0.3, 0.4) is 0 Å². The van der Waals surface area contributed by atoms with Crippen LogP contribution in [0.15, 0.2) is 53.9 Å². The SMILES string of the molecule is O=C(Nc1sccc1-c1nc2ccccc2s1)c1ccc(Cl)cc1Cl. The first kappa shape index (κ1) is 16.5. The van der Waals surface area contributed by atoms with E-state index in [0.717, 1.165) is 25.8 Å². The van der Waals surface area contributed by atoms with Gasteiger partial charge in [0.25, 0.3) is 5.91 Å². The average molecular weight is 405 g/mol. The third kappa shape index (κ3) is 3.28. The molecule has 0 atom stereocenters. The van der Waals surface area contributed by atoms with Gasteiger partial charge in [-0.1, -0.05) is 35.3 Å². The van der Waals surface area contributed by atoms with Gasteiger partial charge in [-0.15, -0.1) is 22.7 Å². The smallest absolute Gasteiger partial charge is 0.257 e. The lowest BCUT2D eigenvalue weighted by atomic mass is 10.2. The van der Waals surface area contributed by atoms with Crippen LogP contribution in [-0.4, -0.2) is 10.9 Å². The molecular weight excluding hydrogens is 395 g/mol. The number of nitrogens with zero attached hydrogens (tertiary/aromatic N) is 1. The fourth-order valence-corrected chi connectivity index (χ4v) is 4.75. The van der Waals surface area contributed by atoms with Gasteiger partial charge in [-0.05, 0) is 41.8 Å². The predicted molar refractivity (Wildman–Crippen MR) is 107 cm³/mol. The number of thiazole rings is 1. The molecular formula is C18H10Cl2N2OS2. The number of anilines is 1. The molecule has 0 fully saturated rings. The summed E-state index contributed by atoms with van der Waals surface area (Å²) < 4.78 is 1.11. The van der Waals surface area contributed by atoms with Crippen LogP contribution in [0.2, 0.25) is 10.0 Å². The number of thiophene rings is 1. The largest absolute Gasteiger partial charge is 0.313 e. The van der Waals surface area contributed by atoms with Crippen molar-refractivity contribution in [3.05, 3.63) is 69.5 Å². The Morgan fingerprint density at radius 3 is 2.72 bits per heavy atom. The second-order valence-corrected chi connectivity index (χ2v) is 8.02. The molecule has 0 radical (unpaired) electrons. The van der Waals surface area contributed by atoms with E-state index in [1.165, 1.54) is 11.3 Å². The quantitative estimate of drug-likeness (QED) is 0.418. The minimum absolute atomic E-state index is 0.272. The van der Waals surface area contributed by atoms with Crippen molar-refractivity contribution in [1.29, 1.82) is 0 Å². The van der Waals surface area contributed by atoms with Crippen LogP contribution in [0, 0.1) is 0 Å². The highest BCUT2D eigenvalue weighted by Gasteiger charge is 2.16. The van der Waals surface area contributed by atoms with E-state index in [4.69, 9.17) is 23.2 Å². The number of aromatic nitrogens is 1. The Balaban J connectivity index is 1.66. The van der Waals surface area contributed by atoms with Crippen LogP contribution in [-0.2, 0) is 0 Å². The fraction of sp³-hybridized carbons (Fsp3) is 0. The summed E-state index contributed by atoms with van der Waals surface area (Å²) in [5.41, 5.74) is 2.24. The monoisotopic (exact) mass is 404 g/mol. The van der Waals surface area contributed by atoms with Crippen molar-refractivity contribution < 1.29 is 4.79 Å². The van der Waals surface area contributed by atoms with Crippen LogP contribution in [0.1, 0.15) is 10.4 Å². The Morgan fingerprint density at radius 2 is 1.92 bits per heavy atom. The molecule has 4 rings (SSSR count). The van der Waals surface area contributed by atoms with Crippen LogP contribution in [0.25, 0.3) is 20.8 Å². The van der Waals surface area contributed by atoms with Crippen LogP contribution < -0.4 is 5.32 Å². The summed E-state index contributed by atoms with van der Waals surface area (Å²) in [5, 5.41) is 7.30. The first-order valence-corrected chi connectivity index (χ1v) is 9.77. The predicted octanol–water partition coefficient (Wildman–Crippen LogP) is 6.58. The lowest BCUT2D eigenvalue weighted by Gasteiger charge is -2.07. The molecule has 2 aromatic carbocycles. The molecule has 1 amide bonds. The standard InChI is InChI=1S/C18H10Cl2N2OS2/c19-10-5-6-11(13(20)9-10)16(23)22-17-12(7-8-24-17)18-21-14-3-1-2-4-15(14)25-18/h1-9H,(H,22,23). The molecule has 0 saturated carbocycles. The van der Waals surface area contributed by atoms with E-state index in [1.807, 2.05) is 35.7 Å². The number of benzene rings is 2. The molecule has 2 heterocycles. The van der Waals surface area contributed by atoms with Gasteiger partial charge in [-0.2, -0.15) is 0 Å². The summed E-state index contributed by atoms with van der Waals surface area (Å²) in [6.45, 7) is 0. The number of hydrogen-bond acceptors (Lipinski definition) is 4. The van der Waals surface area contributed by atoms with Crippen LogP contribution in [0.5, 0.6) is 0 Å². The summed E-state index contributed by atoms with van der Waals surface area (Å²) in [5.74, 6) is -0.272. The molecule has 0 saturated heterocycles. The zero-order valence-electron chi connectivity index (χ0n) is 12.6. The van der Waals surface area contributed by atoms with E-state index in [1.54, 1.807) is 29.5 Å². The van der Waals surface area contributed by atoms with Gasteiger partial charge in [0.1, 0.15) is 10.0 Å². The molecule has 3 nitrogen and oxygen atoms in total. The van der Waals surface area contributed by atoms with Crippen LogP contribution in [0.4, 0.5) is 5.00 Å². The Bertz CT molecular complexity index is 1050. The number of carbonyl (C=O) groups is 1. The maximum Gasteiger partial charge on any atom is 0.257 e. The van der Waals surface area contributed by atoms with E-state index in [2.05, 4.69) is 10.3 Å². The van der Waals surface area contributed by atoms with Crippen molar-refractivity contribution in [3.8, 4) is 10.6 Å². The molecule has 2 aromatic heterocycles. The Kier molecular flexibility index (Phi) is 4.48. The maximum absolute atomic E-state index is 12.6. The van der Waals surface area contributed by atoms with Crippen LogP contribution >= 0.6 is 45.9 Å². The second kappa shape index (κ2) is 6.77. The van der Waals surface area contributed by atoms with Crippen molar-refractivity contribution in [3.63, 3.8) is 0 Å². The van der Waals surface area contributed by atoms with Gasteiger partial charge in [0, 0.05) is 10.6 Å². The minimum Gasteiger partial charge on any atom is -0.313 e. The van der Waals surface area contributed by atoms with Crippen molar-refractivity contribution in [2.24, 2.45) is 0 Å². The Hall–Kier alpha value is -1.92. The summed E-state index contributed by atoms with van der Waals surface area (Å²) >= 11 is 15.1. The molecule has 0 aliphatic heterocycles. The summed E-state index contributed by atoms with van der Waals surface area (Å²) in [6, 6.07) is 14.7. The molecule has 7 heteroatoms. The molecule has 0 bridgehead atoms. The lowest BCUT2D eigenvalue weighted by Crippen LogP contribution is -2.12. The van der Waals surface area contributed by atoms with Crippen molar-refractivity contribution in [2.75, 3.05) is 5.32 Å². The molecule has 25 heavy (non-hydrogen) atoms. The number of amides is 1. The van der Waals surface area contributed by atoms with Gasteiger partial charge >= 0.3 is 0 Å². The van der Waals surface area contributed by atoms with Gasteiger partial charge in [0.05, 0.1) is 20.8 Å². The Labute approximate surface area is 161 Å². The minimum atomic E-state index is -0.272. The van der Waals surface area contributed by atoms with Crippen molar-refractivity contribution in [2.45, 2.75) is 0 Å². The third-order valence-electron chi connectivity index (χ3n) is 3.59. The summed E-state index contributed by atoms with van der Waals surface area (Å²) in [4.78, 5) is 17.2. The molecule has 0 spiro atoms. The van der Waals surface area contributed by atoms with Gasteiger partial charge < -0.3 is 5.32 Å². The third-order valence-corrected chi connectivity index (χ3v) is 6.04.